The van der Waals surface area contributed by atoms with Crippen LogP contribution >= 0.6 is 15.9 Å². The molecule has 1 aromatic rings. The fraction of sp³-hybridized carbons (Fsp3) is 0.467. The zero-order chi connectivity index (χ0) is 13.6. The molecule has 0 heterocycles. The number of benzene rings is 1. The van der Waals surface area contributed by atoms with Crippen molar-refractivity contribution < 1.29 is 4.74 Å². The van der Waals surface area contributed by atoms with Crippen LogP contribution in [0.4, 0.5) is 0 Å². The van der Waals surface area contributed by atoms with Crippen LogP contribution in [0.15, 0.2) is 22.7 Å². The lowest BCUT2D eigenvalue weighted by Crippen LogP contribution is -2.06. The van der Waals surface area contributed by atoms with Crippen LogP contribution in [0.2, 0.25) is 0 Å². The second kappa shape index (κ2) is 6.82. The fourth-order valence-electron chi connectivity index (χ4n) is 1.45. The van der Waals surface area contributed by atoms with Crippen molar-refractivity contribution in [1.82, 2.24) is 0 Å². The lowest BCUT2D eigenvalue weighted by atomic mass is 9.98. The second-order valence-corrected chi connectivity index (χ2v) is 6.05. The van der Waals surface area contributed by atoms with E-state index in [-0.39, 0.29) is 5.41 Å². The van der Waals surface area contributed by atoms with Gasteiger partial charge < -0.3 is 10.5 Å². The standard InChI is InChI=1S/C15H20BrNO/c1-15(2,3)8-4-10-18-14-6-5-13(16)11-12(14)7-9-17/h5-6,11H,7,9-10,17H2,1-3H3. The van der Waals surface area contributed by atoms with Crippen LogP contribution in [-0.2, 0) is 6.42 Å². The molecule has 18 heavy (non-hydrogen) atoms. The minimum Gasteiger partial charge on any atom is -0.481 e. The van der Waals surface area contributed by atoms with E-state index in [9.17, 15) is 0 Å². The normalized spacial score (nSPS) is 10.7. The van der Waals surface area contributed by atoms with E-state index in [0.717, 1.165) is 22.2 Å². The first-order valence-electron chi connectivity index (χ1n) is 6.04. The van der Waals surface area contributed by atoms with Gasteiger partial charge in [-0.2, -0.15) is 0 Å². The van der Waals surface area contributed by atoms with E-state index in [1.807, 2.05) is 18.2 Å². The van der Waals surface area contributed by atoms with Crippen LogP contribution in [0, 0.1) is 17.3 Å². The van der Waals surface area contributed by atoms with Gasteiger partial charge in [-0.05, 0) is 57.5 Å². The highest BCUT2D eigenvalue weighted by atomic mass is 79.9. The quantitative estimate of drug-likeness (QED) is 0.865. The molecule has 98 valence electrons. The van der Waals surface area contributed by atoms with E-state index in [4.69, 9.17) is 10.5 Å². The second-order valence-electron chi connectivity index (χ2n) is 5.13. The predicted octanol–water partition coefficient (Wildman–Crippen LogP) is 3.38. The topological polar surface area (TPSA) is 35.2 Å². The monoisotopic (exact) mass is 309 g/mol. The molecule has 0 radical (unpaired) electrons. The first kappa shape index (κ1) is 15.1. The maximum Gasteiger partial charge on any atom is 0.149 e. The average molecular weight is 310 g/mol. The van der Waals surface area contributed by atoms with Gasteiger partial charge in [0.2, 0.25) is 0 Å². The van der Waals surface area contributed by atoms with E-state index in [1.54, 1.807) is 0 Å². The van der Waals surface area contributed by atoms with Crippen molar-refractivity contribution in [2.75, 3.05) is 13.2 Å². The molecule has 0 aliphatic rings. The first-order chi connectivity index (χ1) is 8.42. The van der Waals surface area contributed by atoms with E-state index < -0.39 is 0 Å². The van der Waals surface area contributed by atoms with Crippen LogP contribution in [0.1, 0.15) is 26.3 Å². The summed E-state index contributed by atoms with van der Waals surface area (Å²) in [4.78, 5) is 0. The SMILES string of the molecule is CC(C)(C)C#CCOc1ccc(Br)cc1CCN. The summed E-state index contributed by atoms with van der Waals surface area (Å²) in [7, 11) is 0. The number of halogens is 1. The maximum atomic E-state index is 5.69. The first-order valence-corrected chi connectivity index (χ1v) is 6.83. The Labute approximate surface area is 118 Å². The highest BCUT2D eigenvalue weighted by molar-refractivity contribution is 9.10. The summed E-state index contributed by atoms with van der Waals surface area (Å²) in [6.07, 6.45) is 0.807. The van der Waals surface area contributed by atoms with Crippen molar-refractivity contribution >= 4 is 15.9 Å². The zero-order valence-electron chi connectivity index (χ0n) is 11.2. The molecular weight excluding hydrogens is 290 g/mol. The molecule has 0 amide bonds. The summed E-state index contributed by atoms with van der Waals surface area (Å²) >= 11 is 3.45. The molecule has 1 rings (SSSR count). The van der Waals surface area contributed by atoms with Gasteiger partial charge in [-0.1, -0.05) is 27.8 Å². The molecule has 0 aromatic heterocycles. The average Bonchev–Trinajstić information content (AvgIpc) is 2.26. The van der Waals surface area contributed by atoms with Crippen molar-refractivity contribution in [1.29, 1.82) is 0 Å². The number of hydrogen-bond donors (Lipinski definition) is 1. The largest absolute Gasteiger partial charge is 0.481 e. The van der Waals surface area contributed by atoms with Crippen molar-refractivity contribution in [3.63, 3.8) is 0 Å². The van der Waals surface area contributed by atoms with Crippen molar-refractivity contribution in [3.05, 3.63) is 28.2 Å². The van der Waals surface area contributed by atoms with Gasteiger partial charge in [-0.15, -0.1) is 0 Å². The molecule has 0 saturated heterocycles. The summed E-state index contributed by atoms with van der Waals surface area (Å²) in [6, 6.07) is 5.96. The fourth-order valence-corrected chi connectivity index (χ4v) is 1.86. The van der Waals surface area contributed by atoms with Crippen LogP contribution in [-0.4, -0.2) is 13.2 Å². The molecule has 0 spiro atoms. The van der Waals surface area contributed by atoms with Crippen LogP contribution in [0.3, 0.4) is 0 Å². The number of nitrogens with two attached hydrogens (primary N) is 1. The molecule has 1 aromatic carbocycles. The number of ether oxygens (including phenoxy) is 1. The molecule has 0 fully saturated rings. The number of rotatable bonds is 4. The minimum absolute atomic E-state index is 0.0170. The van der Waals surface area contributed by atoms with Gasteiger partial charge in [0.15, 0.2) is 0 Å². The van der Waals surface area contributed by atoms with Crippen LogP contribution in [0.5, 0.6) is 5.75 Å². The molecule has 0 aliphatic heterocycles. The summed E-state index contributed by atoms with van der Waals surface area (Å²) < 4.78 is 6.73. The van der Waals surface area contributed by atoms with Crippen LogP contribution < -0.4 is 10.5 Å². The van der Waals surface area contributed by atoms with Crippen LogP contribution in [0.25, 0.3) is 0 Å². The lowest BCUT2D eigenvalue weighted by Gasteiger charge is -2.10. The molecule has 0 unspecified atom stereocenters. The smallest absolute Gasteiger partial charge is 0.149 e. The molecule has 0 atom stereocenters. The highest BCUT2D eigenvalue weighted by Gasteiger charge is 2.05. The van der Waals surface area contributed by atoms with Gasteiger partial charge in [0.25, 0.3) is 0 Å². The summed E-state index contributed by atoms with van der Waals surface area (Å²) in [5.41, 5.74) is 6.72. The Bertz CT molecular complexity index is 452. The summed E-state index contributed by atoms with van der Waals surface area (Å²) in [5, 5.41) is 0. The zero-order valence-corrected chi connectivity index (χ0v) is 12.8. The summed E-state index contributed by atoms with van der Waals surface area (Å²) in [5.74, 6) is 7.06. The molecule has 0 bridgehead atoms. The molecular formula is C15H20BrNO. The van der Waals surface area contributed by atoms with Crippen molar-refractivity contribution in [3.8, 4) is 17.6 Å². The minimum atomic E-state index is 0.0170. The third kappa shape index (κ3) is 5.57. The van der Waals surface area contributed by atoms with Gasteiger partial charge in [0.05, 0.1) is 0 Å². The Hall–Kier alpha value is -0.980. The molecule has 3 heteroatoms. The Kier molecular flexibility index (Phi) is 5.71. The van der Waals surface area contributed by atoms with E-state index in [2.05, 4.69) is 48.5 Å². The van der Waals surface area contributed by atoms with Gasteiger partial charge in [0.1, 0.15) is 12.4 Å². The highest BCUT2D eigenvalue weighted by Crippen LogP contribution is 2.23. The van der Waals surface area contributed by atoms with Gasteiger partial charge >= 0.3 is 0 Å². The third-order valence-corrected chi connectivity index (χ3v) is 2.69. The van der Waals surface area contributed by atoms with Crippen molar-refractivity contribution in [2.45, 2.75) is 27.2 Å². The summed E-state index contributed by atoms with van der Waals surface area (Å²) in [6.45, 7) is 7.27. The van der Waals surface area contributed by atoms with E-state index >= 15 is 0 Å². The molecule has 2 N–H and O–H groups in total. The van der Waals surface area contributed by atoms with Gasteiger partial charge in [0, 0.05) is 9.89 Å². The van der Waals surface area contributed by atoms with Crippen molar-refractivity contribution in [2.24, 2.45) is 11.1 Å². The Morgan fingerprint density at radius 1 is 1.33 bits per heavy atom. The lowest BCUT2D eigenvalue weighted by molar-refractivity contribution is 0.365. The molecule has 0 aliphatic carbocycles. The Morgan fingerprint density at radius 3 is 2.67 bits per heavy atom. The molecule has 0 saturated carbocycles. The predicted molar refractivity (Wildman–Crippen MR) is 79.6 cm³/mol. The Balaban J connectivity index is 2.69. The third-order valence-electron chi connectivity index (χ3n) is 2.20. The number of hydrogen-bond acceptors (Lipinski definition) is 2. The maximum absolute atomic E-state index is 5.69. The van der Waals surface area contributed by atoms with E-state index in [1.165, 1.54) is 0 Å². The van der Waals surface area contributed by atoms with Gasteiger partial charge in [-0.25, -0.2) is 0 Å². The molecule has 2 nitrogen and oxygen atoms in total. The van der Waals surface area contributed by atoms with Gasteiger partial charge in [-0.3, -0.25) is 0 Å². The van der Waals surface area contributed by atoms with E-state index in [0.29, 0.717) is 13.2 Å². The Morgan fingerprint density at radius 2 is 2.06 bits per heavy atom.